The first kappa shape index (κ1) is 20.1. The Morgan fingerprint density at radius 3 is 2.62 bits per heavy atom. The Morgan fingerprint density at radius 1 is 1.10 bits per heavy atom. The van der Waals surface area contributed by atoms with E-state index in [0.717, 1.165) is 11.1 Å². The molecule has 0 spiro atoms. The summed E-state index contributed by atoms with van der Waals surface area (Å²) in [4.78, 5) is 23.0. The molecule has 1 heterocycles. The summed E-state index contributed by atoms with van der Waals surface area (Å²) < 4.78 is 6.85. The van der Waals surface area contributed by atoms with Gasteiger partial charge < -0.3 is 14.9 Å². The number of hydrogen-bond donors (Lipinski definition) is 3. The maximum Gasteiger partial charge on any atom is 0.409 e. The Bertz CT molecular complexity index is 1030. The normalized spacial score (nSPS) is 10.5. The van der Waals surface area contributed by atoms with Gasteiger partial charge in [-0.2, -0.15) is 5.10 Å². The number of ether oxygens (including phenoxy) is 1. The zero-order chi connectivity index (χ0) is 20.6. The minimum atomic E-state index is -1.15. The van der Waals surface area contributed by atoms with Gasteiger partial charge in [0.15, 0.2) is 0 Å². The first-order valence-electron chi connectivity index (χ1n) is 9.06. The van der Waals surface area contributed by atoms with Gasteiger partial charge in [-0.1, -0.05) is 12.1 Å². The fraction of sp³-hybridized carbons (Fsp3) is 0.190. The van der Waals surface area contributed by atoms with E-state index in [2.05, 4.69) is 10.4 Å². The zero-order valence-electron chi connectivity index (χ0n) is 15.6. The summed E-state index contributed by atoms with van der Waals surface area (Å²) in [6.45, 7) is 0.734. The molecule has 8 heteroatoms. The van der Waals surface area contributed by atoms with Crippen molar-refractivity contribution in [3.05, 3.63) is 76.6 Å². The summed E-state index contributed by atoms with van der Waals surface area (Å²) >= 11 is 0. The smallest absolute Gasteiger partial charge is 0.409 e. The fourth-order valence-corrected chi connectivity index (χ4v) is 2.74. The number of aromatic nitrogens is 2. The number of aliphatic hydroxyl groups excluding tert-OH is 1. The van der Waals surface area contributed by atoms with Crippen LogP contribution in [0.1, 0.15) is 12.0 Å². The Kier molecular flexibility index (Phi) is 6.59. The van der Waals surface area contributed by atoms with Gasteiger partial charge in [0.05, 0.1) is 18.8 Å². The number of carbonyl (C=O) groups is 1. The van der Waals surface area contributed by atoms with Crippen molar-refractivity contribution in [2.24, 2.45) is 0 Å². The molecule has 29 heavy (non-hydrogen) atoms. The van der Waals surface area contributed by atoms with Crippen LogP contribution in [0.2, 0.25) is 0 Å². The van der Waals surface area contributed by atoms with Crippen molar-refractivity contribution in [1.82, 2.24) is 9.78 Å². The summed E-state index contributed by atoms with van der Waals surface area (Å²) in [5.74, 6) is 0.693. The number of rotatable bonds is 8. The van der Waals surface area contributed by atoms with Crippen molar-refractivity contribution in [2.45, 2.75) is 13.0 Å². The number of anilines is 1. The van der Waals surface area contributed by atoms with Crippen LogP contribution in [-0.4, -0.2) is 39.3 Å². The van der Waals surface area contributed by atoms with E-state index in [1.165, 1.54) is 10.7 Å². The van der Waals surface area contributed by atoms with Crippen LogP contribution < -0.4 is 15.6 Å². The number of amides is 1. The molecule has 3 aromatic rings. The van der Waals surface area contributed by atoms with Gasteiger partial charge in [0.1, 0.15) is 5.75 Å². The highest BCUT2D eigenvalue weighted by Crippen LogP contribution is 2.20. The van der Waals surface area contributed by atoms with E-state index in [1.807, 2.05) is 24.3 Å². The van der Waals surface area contributed by atoms with Crippen molar-refractivity contribution in [1.29, 1.82) is 0 Å². The maximum atomic E-state index is 12.2. The van der Waals surface area contributed by atoms with Gasteiger partial charge in [-0.3, -0.25) is 10.1 Å². The van der Waals surface area contributed by atoms with Crippen molar-refractivity contribution >= 4 is 11.8 Å². The predicted molar refractivity (Wildman–Crippen MR) is 108 cm³/mol. The van der Waals surface area contributed by atoms with Crippen LogP contribution >= 0.6 is 0 Å². The molecule has 2 aromatic carbocycles. The second-order valence-corrected chi connectivity index (χ2v) is 6.29. The SMILES string of the molecule is O=C(O)Nc1cccc(Cn2nc(-c3ccc(OCCCO)cc3)ccc2=O)c1. The summed E-state index contributed by atoms with van der Waals surface area (Å²) in [6.07, 6.45) is -0.583. The first-order valence-corrected chi connectivity index (χ1v) is 9.06. The monoisotopic (exact) mass is 395 g/mol. The topological polar surface area (TPSA) is 114 Å². The Hall–Kier alpha value is -3.65. The third-order valence-corrected chi connectivity index (χ3v) is 4.10. The highest BCUT2D eigenvalue weighted by atomic mass is 16.5. The molecule has 1 amide bonds. The maximum absolute atomic E-state index is 12.2. The number of carboxylic acid groups (broad SMARTS) is 1. The van der Waals surface area contributed by atoms with Crippen molar-refractivity contribution < 1.29 is 19.7 Å². The lowest BCUT2D eigenvalue weighted by Crippen LogP contribution is -2.22. The Morgan fingerprint density at radius 2 is 1.90 bits per heavy atom. The largest absolute Gasteiger partial charge is 0.494 e. The molecule has 0 bridgehead atoms. The van der Waals surface area contributed by atoms with Gasteiger partial charge >= 0.3 is 6.09 Å². The average Bonchev–Trinajstić information content (AvgIpc) is 2.70. The number of nitrogens with zero attached hydrogens (tertiary/aromatic N) is 2. The molecule has 1 aromatic heterocycles. The molecule has 0 aliphatic heterocycles. The van der Waals surface area contributed by atoms with E-state index in [-0.39, 0.29) is 18.7 Å². The van der Waals surface area contributed by atoms with E-state index in [4.69, 9.17) is 14.9 Å². The lowest BCUT2D eigenvalue weighted by molar-refractivity contribution is 0.209. The third-order valence-electron chi connectivity index (χ3n) is 4.10. The number of benzene rings is 2. The van der Waals surface area contributed by atoms with Crippen molar-refractivity contribution in [2.75, 3.05) is 18.5 Å². The highest BCUT2D eigenvalue weighted by molar-refractivity contribution is 5.82. The molecule has 0 atom stereocenters. The summed E-state index contributed by atoms with van der Waals surface area (Å²) in [5.41, 5.74) is 2.38. The number of aliphatic hydroxyl groups is 1. The molecule has 0 saturated carbocycles. The minimum Gasteiger partial charge on any atom is -0.494 e. The van der Waals surface area contributed by atoms with Gasteiger partial charge in [-0.05, 0) is 48.0 Å². The van der Waals surface area contributed by atoms with Crippen LogP contribution in [0, 0.1) is 0 Å². The van der Waals surface area contributed by atoms with E-state index < -0.39 is 6.09 Å². The van der Waals surface area contributed by atoms with Gasteiger partial charge in [-0.15, -0.1) is 0 Å². The van der Waals surface area contributed by atoms with Crippen molar-refractivity contribution in [3.63, 3.8) is 0 Å². The molecule has 0 unspecified atom stereocenters. The second-order valence-electron chi connectivity index (χ2n) is 6.29. The summed E-state index contributed by atoms with van der Waals surface area (Å²) in [5, 5.41) is 24.4. The molecule has 0 fully saturated rings. The minimum absolute atomic E-state index is 0.0822. The van der Waals surface area contributed by atoms with E-state index in [1.54, 1.807) is 30.3 Å². The van der Waals surface area contributed by atoms with Gasteiger partial charge in [0.2, 0.25) is 0 Å². The first-order chi connectivity index (χ1) is 14.0. The van der Waals surface area contributed by atoms with Crippen LogP contribution in [0.5, 0.6) is 5.75 Å². The van der Waals surface area contributed by atoms with Crippen LogP contribution in [0.25, 0.3) is 11.3 Å². The molecule has 0 radical (unpaired) electrons. The molecule has 150 valence electrons. The molecule has 3 rings (SSSR count). The van der Waals surface area contributed by atoms with Crippen LogP contribution in [0.4, 0.5) is 10.5 Å². The van der Waals surface area contributed by atoms with Gasteiger partial charge in [-0.25, -0.2) is 9.48 Å². The predicted octanol–water partition coefficient (Wildman–Crippen LogP) is 2.81. The number of nitrogens with one attached hydrogen (secondary N) is 1. The van der Waals surface area contributed by atoms with Gasteiger partial charge in [0, 0.05) is 30.3 Å². The fourth-order valence-electron chi connectivity index (χ4n) is 2.74. The molecule has 0 aliphatic rings. The summed E-state index contributed by atoms with van der Waals surface area (Å²) in [7, 11) is 0. The highest BCUT2D eigenvalue weighted by Gasteiger charge is 2.06. The Labute approximate surface area is 167 Å². The van der Waals surface area contributed by atoms with Crippen LogP contribution in [0.3, 0.4) is 0 Å². The molecule has 8 nitrogen and oxygen atoms in total. The van der Waals surface area contributed by atoms with E-state index in [9.17, 15) is 9.59 Å². The second kappa shape index (κ2) is 9.52. The van der Waals surface area contributed by atoms with Gasteiger partial charge in [0.25, 0.3) is 5.56 Å². The lowest BCUT2D eigenvalue weighted by Gasteiger charge is -2.10. The average molecular weight is 395 g/mol. The molecular formula is C21H21N3O5. The molecule has 0 saturated heterocycles. The molecule has 0 aliphatic carbocycles. The zero-order valence-corrected chi connectivity index (χ0v) is 15.6. The van der Waals surface area contributed by atoms with Crippen molar-refractivity contribution in [3.8, 4) is 17.0 Å². The van der Waals surface area contributed by atoms with Crippen LogP contribution in [-0.2, 0) is 6.54 Å². The molecular weight excluding hydrogens is 374 g/mol. The van der Waals surface area contributed by atoms with E-state index >= 15 is 0 Å². The quantitative estimate of drug-likeness (QED) is 0.506. The standard InChI is InChI=1S/C21H21N3O5/c25-11-2-12-29-18-7-5-16(6-8-18)19-9-10-20(26)24(23-19)14-15-3-1-4-17(13-15)22-21(27)28/h1,3-10,13,22,25H,2,11-12,14H2,(H,27,28). The number of hydrogen-bond acceptors (Lipinski definition) is 5. The third kappa shape index (κ3) is 5.66. The lowest BCUT2D eigenvalue weighted by atomic mass is 10.1. The van der Waals surface area contributed by atoms with Crippen LogP contribution in [0.15, 0.2) is 65.5 Å². The van der Waals surface area contributed by atoms with E-state index in [0.29, 0.717) is 30.2 Å². The summed E-state index contributed by atoms with van der Waals surface area (Å²) in [6, 6.07) is 17.2. The molecule has 3 N–H and O–H groups in total. The Balaban J connectivity index is 1.78.